The monoisotopic (exact) mass is 348 g/mol. The third kappa shape index (κ3) is 5.17. The number of carbonyl (C=O) groups is 1. The summed E-state index contributed by atoms with van der Waals surface area (Å²) < 4.78 is 10.4. The number of hydrogen-bond acceptors (Lipinski definition) is 5. The lowest BCUT2D eigenvalue weighted by atomic mass is 10.2. The minimum Gasteiger partial charge on any atom is -0.497 e. The van der Waals surface area contributed by atoms with Gasteiger partial charge in [-0.1, -0.05) is 16.8 Å². The van der Waals surface area contributed by atoms with Gasteiger partial charge in [0.25, 0.3) is 5.91 Å². The zero-order valence-electron chi connectivity index (χ0n) is 13.3. The lowest BCUT2D eigenvalue weighted by Gasteiger charge is -2.07. The molecule has 7 heteroatoms. The fourth-order valence-corrected chi connectivity index (χ4v) is 1.99. The Labute approximate surface area is 145 Å². The highest BCUT2D eigenvalue weighted by atomic mass is 35.5. The zero-order chi connectivity index (χ0) is 17.4. The SMILES string of the molecule is COc1ccc(OC)c(/C=N\OCC(=O)Nc2ccc(Cl)cc2)c1. The van der Waals surface area contributed by atoms with Crippen molar-refractivity contribution in [3.05, 3.63) is 53.1 Å². The molecule has 0 aliphatic rings. The van der Waals surface area contributed by atoms with E-state index in [-0.39, 0.29) is 12.5 Å². The van der Waals surface area contributed by atoms with Crippen LogP contribution in [0.3, 0.4) is 0 Å². The summed E-state index contributed by atoms with van der Waals surface area (Å²) in [4.78, 5) is 16.7. The molecule has 2 aromatic rings. The molecule has 0 spiro atoms. The lowest BCUT2D eigenvalue weighted by molar-refractivity contribution is -0.120. The van der Waals surface area contributed by atoms with Crippen LogP contribution in [-0.4, -0.2) is 32.9 Å². The number of halogens is 1. The lowest BCUT2D eigenvalue weighted by Crippen LogP contribution is -2.16. The van der Waals surface area contributed by atoms with Crippen molar-refractivity contribution in [2.24, 2.45) is 5.16 Å². The van der Waals surface area contributed by atoms with E-state index >= 15 is 0 Å². The third-order valence-electron chi connectivity index (χ3n) is 3.03. The van der Waals surface area contributed by atoms with Gasteiger partial charge in [-0.25, -0.2) is 0 Å². The molecular formula is C17H17ClN2O4. The summed E-state index contributed by atoms with van der Waals surface area (Å²) in [6.07, 6.45) is 1.46. The van der Waals surface area contributed by atoms with Crippen molar-refractivity contribution in [1.82, 2.24) is 0 Å². The summed E-state index contributed by atoms with van der Waals surface area (Å²) in [5, 5.41) is 7.04. The van der Waals surface area contributed by atoms with Crippen LogP contribution in [0.5, 0.6) is 11.5 Å². The molecule has 0 aliphatic heterocycles. The van der Waals surface area contributed by atoms with Gasteiger partial charge in [-0.2, -0.15) is 0 Å². The number of oxime groups is 1. The third-order valence-corrected chi connectivity index (χ3v) is 3.28. The number of carbonyl (C=O) groups excluding carboxylic acids is 1. The van der Waals surface area contributed by atoms with Crippen LogP contribution in [0.25, 0.3) is 0 Å². The maximum absolute atomic E-state index is 11.7. The summed E-state index contributed by atoms with van der Waals surface area (Å²) in [6, 6.07) is 12.1. The first-order valence-electron chi connectivity index (χ1n) is 7.05. The number of nitrogens with zero attached hydrogens (tertiary/aromatic N) is 1. The predicted molar refractivity (Wildman–Crippen MR) is 93.2 cm³/mol. The molecule has 0 saturated heterocycles. The molecule has 24 heavy (non-hydrogen) atoms. The van der Waals surface area contributed by atoms with Crippen LogP contribution in [0.1, 0.15) is 5.56 Å². The second-order valence-electron chi connectivity index (χ2n) is 4.67. The number of amides is 1. The van der Waals surface area contributed by atoms with E-state index in [0.717, 1.165) is 0 Å². The number of methoxy groups -OCH3 is 2. The van der Waals surface area contributed by atoms with Gasteiger partial charge in [-0.15, -0.1) is 0 Å². The molecule has 0 bridgehead atoms. The van der Waals surface area contributed by atoms with Crippen molar-refractivity contribution in [1.29, 1.82) is 0 Å². The molecule has 6 nitrogen and oxygen atoms in total. The van der Waals surface area contributed by atoms with E-state index in [1.54, 1.807) is 56.7 Å². The van der Waals surface area contributed by atoms with Gasteiger partial charge in [0, 0.05) is 16.3 Å². The standard InChI is InChI=1S/C17H17ClN2O4/c1-22-15-7-8-16(23-2)12(9-15)10-19-24-11-17(21)20-14-5-3-13(18)4-6-14/h3-10H,11H2,1-2H3,(H,20,21)/b19-10-. The second-order valence-corrected chi connectivity index (χ2v) is 5.11. The fraction of sp³-hybridized carbons (Fsp3) is 0.176. The van der Waals surface area contributed by atoms with Crippen LogP contribution < -0.4 is 14.8 Å². The molecule has 126 valence electrons. The Morgan fingerprint density at radius 2 is 1.92 bits per heavy atom. The Morgan fingerprint density at radius 3 is 2.58 bits per heavy atom. The Kier molecular flexibility index (Phi) is 6.45. The van der Waals surface area contributed by atoms with Gasteiger partial charge in [0.2, 0.25) is 0 Å². The summed E-state index contributed by atoms with van der Waals surface area (Å²) in [5.41, 5.74) is 1.31. The average molecular weight is 349 g/mol. The maximum atomic E-state index is 11.7. The molecule has 0 radical (unpaired) electrons. The van der Waals surface area contributed by atoms with Gasteiger partial charge >= 0.3 is 0 Å². The summed E-state index contributed by atoms with van der Waals surface area (Å²) >= 11 is 5.78. The molecule has 0 heterocycles. The fourth-order valence-electron chi connectivity index (χ4n) is 1.86. The summed E-state index contributed by atoms with van der Waals surface area (Å²) in [7, 11) is 3.12. The molecule has 2 aromatic carbocycles. The molecule has 0 aliphatic carbocycles. The first kappa shape index (κ1) is 17.6. The Hall–Kier alpha value is -2.73. The minimum atomic E-state index is -0.327. The predicted octanol–water partition coefficient (Wildman–Crippen LogP) is 3.35. The van der Waals surface area contributed by atoms with Crippen LogP contribution in [0.4, 0.5) is 5.69 Å². The first-order chi connectivity index (χ1) is 11.6. The van der Waals surface area contributed by atoms with Crippen LogP contribution in [0.2, 0.25) is 5.02 Å². The van der Waals surface area contributed by atoms with E-state index < -0.39 is 0 Å². The van der Waals surface area contributed by atoms with Crippen molar-refractivity contribution >= 4 is 29.4 Å². The van der Waals surface area contributed by atoms with Crippen LogP contribution in [0.15, 0.2) is 47.6 Å². The average Bonchev–Trinajstić information content (AvgIpc) is 2.60. The Balaban J connectivity index is 1.88. The van der Waals surface area contributed by atoms with Gasteiger partial charge in [0.1, 0.15) is 11.5 Å². The molecule has 0 fully saturated rings. The Bertz CT molecular complexity index is 717. The van der Waals surface area contributed by atoms with Crippen molar-refractivity contribution < 1.29 is 19.1 Å². The second kappa shape index (κ2) is 8.79. The highest BCUT2D eigenvalue weighted by Crippen LogP contribution is 2.22. The van der Waals surface area contributed by atoms with Gasteiger partial charge in [-0.3, -0.25) is 4.79 Å². The number of ether oxygens (including phenoxy) is 2. The van der Waals surface area contributed by atoms with E-state index in [1.807, 2.05) is 0 Å². The Morgan fingerprint density at radius 1 is 1.17 bits per heavy atom. The topological polar surface area (TPSA) is 69.1 Å². The van der Waals surface area contributed by atoms with E-state index in [0.29, 0.717) is 27.8 Å². The number of rotatable bonds is 7. The van der Waals surface area contributed by atoms with Crippen molar-refractivity contribution in [2.75, 3.05) is 26.1 Å². The van der Waals surface area contributed by atoms with Crippen molar-refractivity contribution in [2.45, 2.75) is 0 Å². The highest BCUT2D eigenvalue weighted by Gasteiger charge is 2.04. The number of anilines is 1. The molecule has 0 unspecified atom stereocenters. The van der Waals surface area contributed by atoms with Crippen LogP contribution >= 0.6 is 11.6 Å². The van der Waals surface area contributed by atoms with E-state index in [4.69, 9.17) is 25.9 Å². The van der Waals surface area contributed by atoms with Crippen LogP contribution in [-0.2, 0) is 9.63 Å². The smallest absolute Gasteiger partial charge is 0.265 e. The summed E-state index contributed by atoms with van der Waals surface area (Å²) in [6.45, 7) is -0.217. The van der Waals surface area contributed by atoms with Crippen LogP contribution in [0, 0.1) is 0 Å². The molecule has 0 aromatic heterocycles. The molecule has 1 N–H and O–H groups in total. The largest absolute Gasteiger partial charge is 0.497 e. The van der Waals surface area contributed by atoms with Gasteiger partial charge < -0.3 is 19.6 Å². The number of benzene rings is 2. The number of hydrogen-bond donors (Lipinski definition) is 1. The van der Waals surface area contributed by atoms with E-state index in [9.17, 15) is 4.79 Å². The van der Waals surface area contributed by atoms with Gasteiger partial charge in [0.15, 0.2) is 6.61 Å². The zero-order valence-corrected chi connectivity index (χ0v) is 14.0. The molecule has 0 atom stereocenters. The van der Waals surface area contributed by atoms with E-state index in [2.05, 4.69) is 10.5 Å². The molecule has 0 saturated carbocycles. The van der Waals surface area contributed by atoms with Gasteiger partial charge in [0.05, 0.1) is 20.4 Å². The molecule has 2 rings (SSSR count). The van der Waals surface area contributed by atoms with Gasteiger partial charge in [-0.05, 0) is 42.5 Å². The normalized spacial score (nSPS) is 10.5. The minimum absolute atomic E-state index is 0.217. The van der Waals surface area contributed by atoms with E-state index in [1.165, 1.54) is 6.21 Å². The first-order valence-corrected chi connectivity index (χ1v) is 7.43. The van der Waals surface area contributed by atoms with Crippen molar-refractivity contribution in [3.8, 4) is 11.5 Å². The molecule has 1 amide bonds. The highest BCUT2D eigenvalue weighted by molar-refractivity contribution is 6.30. The number of nitrogens with one attached hydrogen (secondary N) is 1. The maximum Gasteiger partial charge on any atom is 0.265 e. The van der Waals surface area contributed by atoms with Crippen molar-refractivity contribution in [3.63, 3.8) is 0 Å². The molecular weight excluding hydrogens is 332 g/mol. The quantitative estimate of drug-likeness (QED) is 0.615. The summed E-state index contributed by atoms with van der Waals surface area (Å²) in [5.74, 6) is 0.957.